The molecule has 3 rings (SSSR count). The number of nitro benzene ring substituents is 1. The molecular weight excluding hydrogens is 306 g/mol. The molecule has 120 valence electrons. The van der Waals surface area contributed by atoms with Crippen molar-refractivity contribution < 1.29 is 9.72 Å². The zero-order chi connectivity index (χ0) is 14.8. The van der Waals surface area contributed by atoms with Crippen LogP contribution in [0.5, 0.6) is 0 Å². The molecule has 2 saturated heterocycles. The van der Waals surface area contributed by atoms with Crippen LogP contribution >= 0.6 is 12.4 Å². The number of carbonyl (C=O) groups is 1. The van der Waals surface area contributed by atoms with Crippen LogP contribution in [0.2, 0.25) is 0 Å². The number of nitro groups is 1. The summed E-state index contributed by atoms with van der Waals surface area (Å²) in [6, 6.07) is 7.04. The third-order valence-corrected chi connectivity index (χ3v) is 4.47. The topological polar surface area (TPSA) is 75.5 Å². The van der Waals surface area contributed by atoms with E-state index in [4.69, 9.17) is 0 Å². The molecule has 22 heavy (non-hydrogen) atoms. The van der Waals surface area contributed by atoms with Crippen molar-refractivity contribution >= 4 is 24.0 Å². The van der Waals surface area contributed by atoms with Gasteiger partial charge in [0.15, 0.2) is 0 Å². The lowest BCUT2D eigenvalue weighted by molar-refractivity contribution is -0.385. The van der Waals surface area contributed by atoms with Crippen molar-refractivity contribution in [3.63, 3.8) is 0 Å². The Hall–Kier alpha value is -1.66. The molecule has 2 atom stereocenters. The normalized spacial score (nSPS) is 23.5. The van der Waals surface area contributed by atoms with Gasteiger partial charge < -0.3 is 10.2 Å². The average Bonchev–Trinajstić information content (AvgIpc) is 2.72. The monoisotopic (exact) mass is 325 g/mol. The summed E-state index contributed by atoms with van der Waals surface area (Å²) < 4.78 is 0. The summed E-state index contributed by atoms with van der Waals surface area (Å²) in [6.45, 7) is 1.77. The summed E-state index contributed by atoms with van der Waals surface area (Å²) in [5.41, 5.74) is 0.537. The van der Waals surface area contributed by atoms with E-state index in [2.05, 4.69) is 5.32 Å². The molecule has 2 aliphatic heterocycles. The third-order valence-electron chi connectivity index (χ3n) is 4.47. The highest BCUT2D eigenvalue weighted by Crippen LogP contribution is 2.29. The predicted octanol–water partition coefficient (Wildman–Crippen LogP) is 1.91. The second-order valence-electron chi connectivity index (χ2n) is 5.74. The first-order valence-corrected chi connectivity index (χ1v) is 7.41. The molecule has 1 aromatic rings. The SMILES string of the molecule is Cl.O=C(Cc1ccccc1[N+](=O)[O-])N1C2CCNCC1CC2. The highest BCUT2D eigenvalue weighted by atomic mass is 35.5. The molecule has 0 saturated carbocycles. The molecular formula is C15H20ClN3O3. The molecule has 0 aromatic heterocycles. The van der Waals surface area contributed by atoms with E-state index >= 15 is 0 Å². The van der Waals surface area contributed by atoms with Gasteiger partial charge in [0.25, 0.3) is 5.69 Å². The van der Waals surface area contributed by atoms with E-state index in [1.165, 1.54) is 6.07 Å². The van der Waals surface area contributed by atoms with Crippen LogP contribution < -0.4 is 5.32 Å². The van der Waals surface area contributed by atoms with Gasteiger partial charge in [0.2, 0.25) is 5.91 Å². The second kappa shape index (κ2) is 7.07. The van der Waals surface area contributed by atoms with Gasteiger partial charge in [-0.15, -0.1) is 12.4 Å². The van der Waals surface area contributed by atoms with Crippen molar-refractivity contribution in [2.45, 2.75) is 37.8 Å². The van der Waals surface area contributed by atoms with Crippen molar-refractivity contribution in [1.29, 1.82) is 0 Å². The fourth-order valence-corrected chi connectivity index (χ4v) is 3.48. The van der Waals surface area contributed by atoms with E-state index in [1.54, 1.807) is 18.2 Å². The molecule has 0 spiro atoms. The summed E-state index contributed by atoms with van der Waals surface area (Å²) in [4.78, 5) is 25.2. The number of nitrogens with zero attached hydrogens (tertiary/aromatic N) is 2. The minimum absolute atomic E-state index is 0. The van der Waals surface area contributed by atoms with Gasteiger partial charge in [-0.3, -0.25) is 14.9 Å². The summed E-state index contributed by atoms with van der Waals surface area (Å²) in [6.07, 6.45) is 3.17. The number of rotatable bonds is 3. The van der Waals surface area contributed by atoms with Crippen LogP contribution in [0.1, 0.15) is 24.8 Å². The molecule has 2 heterocycles. The van der Waals surface area contributed by atoms with Crippen molar-refractivity contribution in [2.24, 2.45) is 0 Å². The maximum absolute atomic E-state index is 12.6. The van der Waals surface area contributed by atoms with Gasteiger partial charge in [0, 0.05) is 30.3 Å². The zero-order valence-electron chi connectivity index (χ0n) is 12.2. The van der Waals surface area contributed by atoms with Crippen LogP contribution in [0.4, 0.5) is 5.69 Å². The Balaban J connectivity index is 0.00000176. The van der Waals surface area contributed by atoms with Gasteiger partial charge in [-0.05, 0) is 25.8 Å². The Labute approximate surface area is 135 Å². The molecule has 6 nitrogen and oxygen atoms in total. The van der Waals surface area contributed by atoms with Crippen molar-refractivity contribution in [3.05, 3.63) is 39.9 Å². The van der Waals surface area contributed by atoms with E-state index in [-0.39, 0.29) is 36.5 Å². The summed E-state index contributed by atoms with van der Waals surface area (Å²) in [5.74, 6) is 0.0144. The lowest BCUT2D eigenvalue weighted by Gasteiger charge is -2.28. The predicted molar refractivity (Wildman–Crippen MR) is 85.2 cm³/mol. The quantitative estimate of drug-likeness (QED) is 0.680. The Morgan fingerprint density at radius 2 is 2.00 bits per heavy atom. The van der Waals surface area contributed by atoms with Crippen LogP contribution in [0.15, 0.2) is 24.3 Å². The molecule has 2 bridgehead atoms. The van der Waals surface area contributed by atoms with Gasteiger partial charge in [-0.25, -0.2) is 0 Å². The van der Waals surface area contributed by atoms with Crippen LogP contribution in [-0.4, -0.2) is 40.9 Å². The van der Waals surface area contributed by atoms with E-state index < -0.39 is 4.92 Å². The zero-order valence-corrected chi connectivity index (χ0v) is 13.1. The first kappa shape index (κ1) is 16.7. The second-order valence-corrected chi connectivity index (χ2v) is 5.74. The van der Waals surface area contributed by atoms with Gasteiger partial charge >= 0.3 is 0 Å². The molecule has 2 fully saturated rings. The number of halogens is 1. The van der Waals surface area contributed by atoms with E-state index in [1.807, 2.05) is 4.90 Å². The minimum atomic E-state index is -0.415. The number of hydrogen-bond donors (Lipinski definition) is 1. The molecule has 0 radical (unpaired) electrons. The lowest BCUT2D eigenvalue weighted by Crippen LogP contribution is -2.43. The van der Waals surface area contributed by atoms with Crippen molar-refractivity contribution in [2.75, 3.05) is 13.1 Å². The molecule has 1 aromatic carbocycles. The third kappa shape index (κ3) is 3.23. The highest BCUT2D eigenvalue weighted by molar-refractivity contribution is 5.85. The fraction of sp³-hybridized carbons (Fsp3) is 0.533. The number of carbonyl (C=O) groups excluding carboxylic acids is 1. The molecule has 0 aliphatic carbocycles. The average molecular weight is 326 g/mol. The highest BCUT2D eigenvalue weighted by Gasteiger charge is 2.38. The largest absolute Gasteiger partial charge is 0.335 e. The van der Waals surface area contributed by atoms with Crippen LogP contribution in [0.3, 0.4) is 0 Å². The molecule has 2 aliphatic rings. The Morgan fingerprint density at radius 1 is 1.27 bits per heavy atom. The number of nitrogens with one attached hydrogen (secondary N) is 1. The number of hydrogen-bond acceptors (Lipinski definition) is 4. The fourth-order valence-electron chi connectivity index (χ4n) is 3.48. The lowest BCUT2D eigenvalue weighted by atomic mass is 10.1. The first-order valence-electron chi connectivity index (χ1n) is 7.41. The molecule has 7 heteroatoms. The number of fused-ring (bicyclic) bond motifs is 2. The van der Waals surface area contributed by atoms with Gasteiger partial charge in [-0.2, -0.15) is 0 Å². The van der Waals surface area contributed by atoms with Crippen LogP contribution in [-0.2, 0) is 11.2 Å². The standard InChI is InChI=1S/C15H19N3O3.ClH/c19-15(9-11-3-1-2-4-14(11)18(20)21)17-12-5-6-13(17)10-16-8-7-12;/h1-4,12-13,16H,5-10H2;1H. The minimum Gasteiger partial charge on any atom is -0.335 e. The summed E-state index contributed by atoms with van der Waals surface area (Å²) in [7, 11) is 0. The Morgan fingerprint density at radius 3 is 2.77 bits per heavy atom. The number of benzene rings is 1. The summed E-state index contributed by atoms with van der Waals surface area (Å²) >= 11 is 0. The Bertz CT molecular complexity index is 553. The van der Waals surface area contributed by atoms with Gasteiger partial charge in [0.1, 0.15) is 0 Å². The van der Waals surface area contributed by atoms with Gasteiger partial charge in [0.05, 0.1) is 11.3 Å². The van der Waals surface area contributed by atoms with E-state index in [0.717, 1.165) is 32.4 Å². The molecule has 1 amide bonds. The first-order chi connectivity index (χ1) is 10.2. The smallest absolute Gasteiger partial charge is 0.273 e. The van der Waals surface area contributed by atoms with E-state index in [9.17, 15) is 14.9 Å². The molecule has 1 N–H and O–H groups in total. The Kier molecular flexibility index (Phi) is 5.37. The van der Waals surface area contributed by atoms with Crippen molar-refractivity contribution in [3.8, 4) is 0 Å². The maximum Gasteiger partial charge on any atom is 0.273 e. The van der Waals surface area contributed by atoms with E-state index in [0.29, 0.717) is 11.6 Å². The van der Waals surface area contributed by atoms with Crippen molar-refractivity contribution in [1.82, 2.24) is 10.2 Å². The summed E-state index contributed by atoms with van der Waals surface area (Å²) in [5, 5.41) is 14.4. The number of amides is 1. The van der Waals surface area contributed by atoms with Gasteiger partial charge in [-0.1, -0.05) is 18.2 Å². The number of para-hydroxylation sites is 1. The van der Waals surface area contributed by atoms with Crippen LogP contribution in [0.25, 0.3) is 0 Å². The van der Waals surface area contributed by atoms with Crippen LogP contribution in [0, 0.1) is 10.1 Å². The maximum atomic E-state index is 12.6. The molecule has 2 unspecified atom stereocenters.